The van der Waals surface area contributed by atoms with Gasteiger partial charge in [-0.25, -0.2) is 4.79 Å². The minimum atomic E-state index is -0.477. The van der Waals surface area contributed by atoms with Crippen LogP contribution in [0.1, 0.15) is 16.1 Å². The third-order valence-corrected chi connectivity index (χ3v) is 2.49. The zero-order chi connectivity index (χ0) is 11.7. The topological polar surface area (TPSA) is 48.7 Å². The van der Waals surface area contributed by atoms with Crippen LogP contribution in [0, 0.1) is 6.92 Å². The Labute approximate surface area is 92.8 Å². The third kappa shape index (κ3) is 1.52. The van der Waals surface area contributed by atoms with Crippen molar-refractivity contribution >= 4 is 16.9 Å². The lowest BCUT2D eigenvalue weighted by atomic mass is 10.1. The van der Waals surface area contributed by atoms with Crippen molar-refractivity contribution in [2.75, 3.05) is 14.2 Å². The molecule has 4 heteroatoms. The summed E-state index contributed by atoms with van der Waals surface area (Å²) < 4.78 is 15.2. The van der Waals surface area contributed by atoms with E-state index in [1.54, 1.807) is 13.2 Å². The molecule has 0 spiro atoms. The molecule has 16 heavy (non-hydrogen) atoms. The third-order valence-electron chi connectivity index (χ3n) is 2.49. The normalized spacial score (nSPS) is 10.4. The summed E-state index contributed by atoms with van der Waals surface area (Å²) in [6.45, 7) is 1.88. The van der Waals surface area contributed by atoms with E-state index in [4.69, 9.17) is 9.15 Å². The number of furan rings is 1. The van der Waals surface area contributed by atoms with Gasteiger partial charge in [0.1, 0.15) is 11.3 Å². The number of hydrogen-bond acceptors (Lipinski definition) is 4. The molecule has 4 nitrogen and oxygen atoms in total. The summed E-state index contributed by atoms with van der Waals surface area (Å²) in [6, 6.07) is 5.35. The van der Waals surface area contributed by atoms with Gasteiger partial charge in [-0.05, 0) is 25.1 Å². The van der Waals surface area contributed by atoms with Gasteiger partial charge in [0.05, 0.1) is 14.2 Å². The highest BCUT2D eigenvalue weighted by Gasteiger charge is 2.15. The van der Waals surface area contributed by atoms with Crippen LogP contribution in [0.25, 0.3) is 11.0 Å². The molecule has 0 saturated carbocycles. The lowest BCUT2D eigenvalue weighted by Gasteiger charge is -2.03. The van der Waals surface area contributed by atoms with Crippen LogP contribution in [-0.2, 0) is 4.74 Å². The monoisotopic (exact) mass is 220 g/mol. The molecule has 0 bridgehead atoms. The summed E-state index contributed by atoms with van der Waals surface area (Å²) in [5.41, 5.74) is 1.52. The smallest absolute Gasteiger partial charge is 0.373 e. The lowest BCUT2D eigenvalue weighted by molar-refractivity contribution is 0.0567. The minimum absolute atomic E-state index is 0.203. The van der Waals surface area contributed by atoms with Gasteiger partial charge in [0.15, 0.2) is 0 Å². The number of ether oxygens (including phenoxy) is 2. The molecule has 0 amide bonds. The average Bonchev–Trinajstić information content (AvgIpc) is 2.73. The van der Waals surface area contributed by atoms with Crippen LogP contribution in [0.4, 0.5) is 0 Å². The Balaban J connectivity index is 2.62. The van der Waals surface area contributed by atoms with Gasteiger partial charge in [0.25, 0.3) is 0 Å². The zero-order valence-corrected chi connectivity index (χ0v) is 9.37. The first-order valence-corrected chi connectivity index (χ1v) is 4.83. The van der Waals surface area contributed by atoms with Crippen LogP contribution >= 0.6 is 0 Å². The van der Waals surface area contributed by atoms with Gasteiger partial charge in [-0.15, -0.1) is 0 Å². The molecule has 0 fully saturated rings. The van der Waals surface area contributed by atoms with E-state index in [-0.39, 0.29) is 5.76 Å². The van der Waals surface area contributed by atoms with Crippen LogP contribution < -0.4 is 4.74 Å². The van der Waals surface area contributed by atoms with E-state index in [1.165, 1.54) is 7.11 Å². The number of carbonyl (C=O) groups excluding carboxylic acids is 1. The highest BCUT2D eigenvalue weighted by molar-refractivity contribution is 5.93. The number of methoxy groups -OCH3 is 2. The van der Waals surface area contributed by atoms with Crippen molar-refractivity contribution in [2.45, 2.75) is 6.92 Å². The van der Waals surface area contributed by atoms with Gasteiger partial charge in [-0.3, -0.25) is 0 Å². The number of hydrogen-bond donors (Lipinski definition) is 0. The fourth-order valence-corrected chi connectivity index (χ4v) is 1.65. The SMILES string of the molecule is COC(=O)c1cc2ccc(OC)c(C)c2o1. The first kappa shape index (κ1) is 10.5. The van der Waals surface area contributed by atoms with Gasteiger partial charge in [-0.1, -0.05) is 0 Å². The Bertz CT molecular complexity index is 539. The Morgan fingerprint density at radius 3 is 2.69 bits per heavy atom. The minimum Gasteiger partial charge on any atom is -0.496 e. The first-order chi connectivity index (χ1) is 7.67. The average molecular weight is 220 g/mol. The summed E-state index contributed by atoms with van der Waals surface area (Å²) >= 11 is 0. The molecule has 0 aliphatic carbocycles. The van der Waals surface area contributed by atoms with Crippen molar-refractivity contribution in [3.63, 3.8) is 0 Å². The Morgan fingerprint density at radius 2 is 2.06 bits per heavy atom. The molecule has 1 aromatic heterocycles. The van der Waals surface area contributed by atoms with E-state index in [0.717, 1.165) is 16.7 Å². The molecule has 2 rings (SSSR count). The van der Waals surface area contributed by atoms with E-state index in [9.17, 15) is 4.79 Å². The van der Waals surface area contributed by atoms with Gasteiger partial charge in [0, 0.05) is 10.9 Å². The van der Waals surface area contributed by atoms with Crippen LogP contribution in [0.15, 0.2) is 22.6 Å². The molecule has 1 aromatic carbocycles. The van der Waals surface area contributed by atoms with Crippen molar-refractivity contribution < 1.29 is 18.7 Å². The van der Waals surface area contributed by atoms with E-state index < -0.39 is 5.97 Å². The summed E-state index contributed by atoms with van der Waals surface area (Å²) in [6.07, 6.45) is 0. The molecule has 0 radical (unpaired) electrons. The van der Waals surface area contributed by atoms with Gasteiger partial charge < -0.3 is 13.9 Å². The Morgan fingerprint density at radius 1 is 1.31 bits per heavy atom. The van der Waals surface area contributed by atoms with E-state index in [2.05, 4.69) is 4.74 Å². The second-order valence-corrected chi connectivity index (χ2v) is 3.41. The second kappa shape index (κ2) is 3.89. The molecule has 2 aromatic rings. The molecular formula is C12H12O4. The maximum Gasteiger partial charge on any atom is 0.373 e. The fourth-order valence-electron chi connectivity index (χ4n) is 1.65. The number of fused-ring (bicyclic) bond motifs is 1. The predicted molar refractivity (Wildman–Crippen MR) is 58.8 cm³/mol. The van der Waals surface area contributed by atoms with Crippen LogP contribution in [-0.4, -0.2) is 20.2 Å². The molecule has 0 saturated heterocycles. The van der Waals surface area contributed by atoms with Gasteiger partial charge in [0.2, 0.25) is 5.76 Å². The molecule has 84 valence electrons. The lowest BCUT2D eigenvalue weighted by Crippen LogP contribution is -1.97. The highest BCUT2D eigenvalue weighted by Crippen LogP contribution is 2.29. The Hall–Kier alpha value is -1.97. The largest absolute Gasteiger partial charge is 0.496 e. The van der Waals surface area contributed by atoms with Crippen LogP contribution in [0.3, 0.4) is 0 Å². The summed E-state index contributed by atoms with van der Waals surface area (Å²) in [5.74, 6) is 0.460. The van der Waals surface area contributed by atoms with Crippen molar-refractivity contribution in [3.8, 4) is 5.75 Å². The van der Waals surface area contributed by atoms with E-state index in [0.29, 0.717) is 5.58 Å². The Kier molecular flexibility index (Phi) is 2.56. The number of rotatable bonds is 2. The molecule has 0 atom stereocenters. The standard InChI is InChI=1S/C12H12O4/c1-7-9(14-2)5-4-8-6-10(12(13)15-3)16-11(7)8/h4-6H,1-3H3. The maximum absolute atomic E-state index is 11.3. The molecule has 0 aliphatic rings. The van der Waals surface area contributed by atoms with Crippen molar-refractivity contribution in [1.29, 1.82) is 0 Å². The number of esters is 1. The van der Waals surface area contributed by atoms with Gasteiger partial charge >= 0.3 is 5.97 Å². The number of carbonyl (C=O) groups is 1. The van der Waals surface area contributed by atoms with Crippen molar-refractivity contribution in [3.05, 3.63) is 29.5 Å². The molecule has 1 heterocycles. The number of aryl methyl sites for hydroxylation is 1. The number of benzene rings is 1. The van der Waals surface area contributed by atoms with Crippen molar-refractivity contribution in [1.82, 2.24) is 0 Å². The van der Waals surface area contributed by atoms with E-state index in [1.807, 2.05) is 19.1 Å². The van der Waals surface area contributed by atoms with Gasteiger partial charge in [-0.2, -0.15) is 0 Å². The van der Waals surface area contributed by atoms with Crippen LogP contribution in [0.5, 0.6) is 5.75 Å². The maximum atomic E-state index is 11.3. The predicted octanol–water partition coefficient (Wildman–Crippen LogP) is 2.54. The van der Waals surface area contributed by atoms with E-state index >= 15 is 0 Å². The zero-order valence-electron chi connectivity index (χ0n) is 9.37. The summed E-state index contributed by atoms with van der Waals surface area (Å²) in [5, 5.41) is 0.860. The molecular weight excluding hydrogens is 208 g/mol. The fraction of sp³-hybridized carbons (Fsp3) is 0.250. The highest BCUT2D eigenvalue weighted by atomic mass is 16.5. The quantitative estimate of drug-likeness (QED) is 0.730. The summed E-state index contributed by atoms with van der Waals surface area (Å²) in [7, 11) is 2.92. The second-order valence-electron chi connectivity index (χ2n) is 3.41. The first-order valence-electron chi connectivity index (χ1n) is 4.83. The summed E-state index contributed by atoms with van der Waals surface area (Å²) in [4.78, 5) is 11.3. The molecule has 0 aliphatic heterocycles. The molecule has 0 unspecified atom stereocenters. The molecule has 0 N–H and O–H groups in total. The van der Waals surface area contributed by atoms with Crippen LogP contribution in [0.2, 0.25) is 0 Å². The van der Waals surface area contributed by atoms with Crippen molar-refractivity contribution in [2.24, 2.45) is 0 Å².